The number of aliphatic hydroxyl groups excluding tert-OH is 1. The number of esters is 1. The number of rotatable bonds is 9. The van der Waals surface area contributed by atoms with Crippen LogP contribution >= 0.6 is 11.3 Å². The van der Waals surface area contributed by atoms with Gasteiger partial charge in [0.15, 0.2) is 6.10 Å². The summed E-state index contributed by atoms with van der Waals surface area (Å²) in [6.45, 7) is 3.77. The van der Waals surface area contributed by atoms with E-state index < -0.39 is 18.2 Å². The van der Waals surface area contributed by atoms with Crippen molar-refractivity contribution in [2.24, 2.45) is 0 Å². The van der Waals surface area contributed by atoms with E-state index in [0.29, 0.717) is 12.3 Å². The van der Waals surface area contributed by atoms with Crippen molar-refractivity contribution < 1.29 is 19.1 Å². The van der Waals surface area contributed by atoms with Crippen LogP contribution in [0.25, 0.3) is 10.8 Å². The molecule has 7 heteroatoms. The van der Waals surface area contributed by atoms with Gasteiger partial charge in [0.1, 0.15) is 0 Å². The number of carbonyl (C=O) groups excluding carboxylic acids is 1. The summed E-state index contributed by atoms with van der Waals surface area (Å²) in [6.07, 6.45) is 2.35. The number of carbonyl (C=O) groups is 1. The molecule has 0 spiro atoms. The maximum atomic E-state index is 11.8. The van der Waals surface area contributed by atoms with Gasteiger partial charge in [-0.25, -0.2) is 0 Å². The summed E-state index contributed by atoms with van der Waals surface area (Å²) in [7, 11) is 0. The molecule has 126 valence electrons. The van der Waals surface area contributed by atoms with Gasteiger partial charge in [0, 0.05) is 0 Å². The van der Waals surface area contributed by atoms with Gasteiger partial charge in [-0.3, -0.25) is 4.79 Å². The average molecular weight is 338 g/mol. The van der Waals surface area contributed by atoms with Crippen molar-refractivity contribution in [3.05, 3.63) is 23.4 Å². The summed E-state index contributed by atoms with van der Waals surface area (Å²) < 4.78 is 10.8. The maximum absolute atomic E-state index is 11.8. The first-order valence-electron chi connectivity index (χ1n) is 7.85. The normalized spacial score (nSPS) is 13.7. The molecule has 1 N–H and O–H groups in total. The number of hydrogen-bond donors (Lipinski definition) is 1. The highest BCUT2D eigenvalue weighted by Crippen LogP contribution is 2.26. The van der Waals surface area contributed by atoms with Crippen molar-refractivity contribution in [3.8, 4) is 10.8 Å². The van der Waals surface area contributed by atoms with Gasteiger partial charge in [-0.2, -0.15) is 0 Å². The quantitative estimate of drug-likeness (QED) is 0.554. The van der Waals surface area contributed by atoms with E-state index in [9.17, 15) is 9.90 Å². The van der Waals surface area contributed by atoms with E-state index in [1.807, 2.05) is 17.5 Å². The molecule has 2 aromatic rings. The van der Waals surface area contributed by atoms with E-state index in [-0.39, 0.29) is 12.3 Å². The lowest BCUT2D eigenvalue weighted by Crippen LogP contribution is -2.17. The van der Waals surface area contributed by atoms with Gasteiger partial charge < -0.3 is 14.3 Å². The Morgan fingerprint density at radius 2 is 2.26 bits per heavy atom. The molecule has 2 atom stereocenters. The van der Waals surface area contributed by atoms with Gasteiger partial charge in [-0.15, -0.1) is 21.5 Å². The van der Waals surface area contributed by atoms with Crippen molar-refractivity contribution in [1.29, 1.82) is 0 Å². The monoisotopic (exact) mass is 338 g/mol. The van der Waals surface area contributed by atoms with Crippen LogP contribution in [0.1, 0.15) is 57.9 Å². The second-order valence-electron chi connectivity index (χ2n) is 5.41. The molecule has 0 aliphatic heterocycles. The Hall–Kier alpha value is -1.73. The van der Waals surface area contributed by atoms with Crippen molar-refractivity contribution in [2.75, 3.05) is 0 Å². The Morgan fingerprint density at radius 1 is 1.43 bits per heavy atom. The molecule has 6 nitrogen and oxygen atoms in total. The summed E-state index contributed by atoms with van der Waals surface area (Å²) in [5, 5.41) is 19.6. The Bertz CT molecular complexity index is 597. The zero-order valence-corrected chi connectivity index (χ0v) is 14.2. The van der Waals surface area contributed by atoms with Gasteiger partial charge in [0.25, 0.3) is 11.8 Å². The second-order valence-corrected chi connectivity index (χ2v) is 6.36. The first-order chi connectivity index (χ1) is 11.1. The molecule has 0 saturated carbocycles. The second kappa shape index (κ2) is 8.79. The van der Waals surface area contributed by atoms with Crippen molar-refractivity contribution in [1.82, 2.24) is 10.2 Å². The fourth-order valence-corrected chi connectivity index (χ4v) is 2.76. The molecule has 0 aliphatic carbocycles. The Balaban J connectivity index is 1.82. The van der Waals surface area contributed by atoms with Crippen molar-refractivity contribution in [2.45, 2.75) is 58.2 Å². The minimum atomic E-state index is -0.661. The van der Waals surface area contributed by atoms with Gasteiger partial charge in [-0.05, 0) is 24.8 Å². The summed E-state index contributed by atoms with van der Waals surface area (Å²) in [5.74, 6) is 0.206. The molecule has 0 bridgehead atoms. The van der Waals surface area contributed by atoms with Gasteiger partial charge in [0.2, 0.25) is 0 Å². The van der Waals surface area contributed by atoms with E-state index in [0.717, 1.165) is 24.1 Å². The third-order valence-corrected chi connectivity index (χ3v) is 4.23. The molecule has 0 unspecified atom stereocenters. The fraction of sp³-hybridized carbons (Fsp3) is 0.562. The Labute approximate surface area is 139 Å². The smallest absolute Gasteiger partial charge is 0.309 e. The van der Waals surface area contributed by atoms with Crippen LogP contribution in [0.15, 0.2) is 21.9 Å². The van der Waals surface area contributed by atoms with Crippen molar-refractivity contribution >= 4 is 17.3 Å². The van der Waals surface area contributed by atoms with E-state index >= 15 is 0 Å². The number of aromatic nitrogens is 2. The standard InChI is InChI=1S/C16H22N2O4S/c1-3-4-5-7-12(19)10-14(20)21-11(2)15-17-18-16(22-15)13-8-6-9-23-13/h6,8-9,11-12,19H,3-5,7,10H2,1-2H3/t11-,12+/m0/s1. The van der Waals surface area contributed by atoms with Crippen LogP contribution in [0.5, 0.6) is 0 Å². The molecular weight excluding hydrogens is 316 g/mol. The molecule has 0 fully saturated rings. The average Bonchev–Trinajstić information content (AvgIpc) is 3.18. The number of nitrogens with zero attached hydrogens (tertiary/aromatic N) is 2. The number of ether oxygens (including phenoxy) is 1. The zero-order chi connectivity index (χ0) is 16.7. The van der Waals surface area contributed by atoms with Crippen LogP contribution in [0.3, 0.4) is 0 Å². The van der Waals surface area contributed by atoms with Crippen LogP contribution in [0, 0.1) is 0 Å². The van der Waals surface area contributed by atoms with Crippen LogP contribution in [-0.4, -0.2) is 27.4 Å². The maximum Gasteiger partial charge on any atom is 0.309 e. The molecule has 0 amide bonds. The van der Waals surface area contributed by atoms with Crippen LogP contribution in [0.4, 0.5) is 0 Å². The van der Waals surface area contributed by atoms with Gasteiger partial charge in [0.05, 0.1) is 17.4 Å². The van der Waals surface area contributed by atoms with E-state index in [4.69, 9.17) is 9.15 Å². The van der Waals surface area contributed by atoms with Crippen LogP contribution < -0.4 is 0 Å². The highest BCUT2D eigenvalue weighted by molar-refractivity contribution is 7.13. The van der Waals surface area contributed by atoms with Crippen LogP contribution in [0.2, 0.25) is 0 Å². The summed E-state index contributed by atoms with van der Waals surface area (Å²) in [4.78, 5) is 12.7. The Kier molecular flexibility index (Phi) is 6.73. The highest BCUT2D eigenvalue weighted by atomic mass is 32.1. The van der Waals surface area contributed by atoms with Gasteiger partial charge in [-0.1, -0.05) is 32.3 Å². The molecule has 0 aromatic carbocycles. The lowest BCUT2D eigenvalue weighted by molar-refractivity contribution is -0.152. The summed E-state index contributed by atoms with van der Waals surface area (Å²) in [6, 6.07) is 3.78. The lowest BCUT2D eigenvalue weighted by atomic mass is 10.1. The van der Waals surface area contributed by atoms with E-state index in [2.05, 4.69) is 17.1 Å². The molecule has 0 aliphatic rings. The number of hydrogen-bond acceptors (Lipinski definition) is 7. The molecular formula is C16H22N2O4S. The predicted molar refractivity (Wildman–Crippen MR) is 86.9 cm³/mol. The fourth-order valence-electron chi connectivity index (χ4n) is 2.12. The van der Waals surface area contributed by atoms with Gasteiger partial charge >= 0.3 is 5.97 Å². The molecule has 0 radical (unpaired) electrons. The van der Waals surface area contributed by atoms with Crippen LogP contribution in [-0.2, 0) is 9.53 Å². The van der Waals surface area contributed by atoms with E-state index in [1.54, 1.807) is 6.92 Å². The molecule has 2 rings (SSSR count). The number of thiophene rings is 1. The highest BCUT2D eigenvalue weighted by Gasteiger charge is 2.20. The molecule has 0 saturated heterocycles. The molecule has 2 heterocycles. The third-order valence-electron chi connectivity index (χ3n) is 3.37. The third kappa shape index (κ3) is 5.44. The Morgan fingerprint density at radius 3 is 2.96 bits per heavy atom. The predicted octanol–water partition coefficient (Wildman–Crippen LogP) is 3.73. The summed E-state index contributed by atoms with van der Waals surface area (Å²) in [5.41, 5.74) is 0. The zero-order valence-electron chi connectivity index (χ0n) is 13.4. The number of unbranched alkanes of at least 4 members (excludes halogenated alkanes) is 2. The largest absolute Gasteiger partial charge is 0.452 e. The SMILES string of the molecule is CCCCC[C@@H](O)CC(=O)O[C@@H](C)c1nnc(-c2cccs2)o1. The molecule has 2 aromatic heterocycles. The molecule has 23 heavy (non-hydrogen) atoms. The first kappa shape index (κ1) is 17.6. The lowest BCUT2D eigenvalue weighted by Gasteiger charge is -2.12. The minimum absolute atomic E-state index is 0.0139. The first-order valence-corrected chi connectivity index (χ1v) is 8.73. The minimum Gasteiger partial charge on any atom is -0.452 e. The topological polar surface area (TPSA) is 85.5 Å². The van der Waals surface area contributed by atoms with E-state index in [1.165, 1.54) is 11.3 Å². The summed E-state index contributed by atoms with van der Waals surface area (Å²) >= 11 is 1.50. The number of aliphatic hydroxyl groups is 1. The van der Waals surface area contributed by atoms with Crippen molar-refractivity contribution in [3.63, 3.8) is 0 Å².